The number of pyridine rings is 1. The van der Waals surface area contributed by atoms with Gasteiger partial charge in [0.2, 0.25) is 0 Å². The van der Waals surface area contributed by atoms with E-state index in [1.165, 1.54) is 50.8 Å². The standard InChI is InChI=1S/C19H26N4/c1-2-18-20-12-14-23(18)19-11-5-9-16(21-19)17-10-6-13-22(17)15-7-3-4-8-15/h5,9,11-12,14-15,17H,2-4,6-8,10,13H2,1H3/t17-/m1/s1. The minimum absolute atomic E-state index is 0.506. The molecule has 4 rings (SSSR count). The van der Waals surface area contributed by atoms with E-state index in [-0.39, 0.29) is 0 Å². The second-order valence-corrected chi connectivity index (χ2v) is 6.82. The van der Waals surface area contributed by atoms with Gasteiger partial charge in [-0.2, -0.15) is 0 Å². The molecule has 23 heavy (non-hydrogen) atoms. The zero-order valence-corrected chi connectivity index (χ0v) is 14.0. The summed E-state index contributed by atoms with van der Waals surface area (Å²) in [6.07, 6.45) is 12.9. The lowest BCUT2D eigenvalue weighted by molar-refractivity contribution is 0.180. The summed E-state index contributed by atoms with van der Waals surface area (Å²) < 4.78 is 2.12. The van der Waals surface area contributed by atoms with E-state index in [0.29, 0.717) is 6.04 Å². The van der Waals surface area contributed by atoms with Gasteiger partial charge in [0.25, 0.3) is 0 Å². The Morgan fingerprint density at radius 2 is 2.00 bits per heavy atom. The van der Waals surface area contributed by atoms with Crippen molar-refractivity contribution in [2.24, 2.45) is 0 Å². The molecule has 1 saturated heterocycles. The second kappa shape index (κ2) is 6.44. The molecular formula is C19H26N4. The van der Waals surface area contributed by atoms with Crippen molar-refractivity contribution in [3.8, 4) is 5.82 Å². The molecule has 0 bridgehead atoms. The Hall–Kier alpha value is -1.68. The van der Waals surface area contributed by atoms with E-state index in [4.69, 9.17) is 4.98 Å². The third-order valence-electron chi connectivity index (χ3n) is 5.47. The fourth-order valence-electron chi connectivity index (χ4n) is 4.34. The van der Waals surface area contributed by atoms with E-state index in [9.17, 15) is 0 Å². The Balaban J connectivity index is 1.63. The summed E-state index contributed by atoms with van der Waals surface area (Å²) >= 11 is 0. The molecule has 4 nitrogen and oxygen atoms in total. The van der Waals surface area contributed by atoms with Gasteiger partial charge in [-0.05, 0) is 44.4 Å². The summed E-state index contributed by atoms with van der Waals surface area (Å²) in [5.74, 6) is 2.09. The van der Waals surface area contributed by atoms with Gasteiger partial charge in [-0.3, -0.25) is 9.47 Å². The highest BCUT2D eigenvalue weighted by molar-refractivity contribution is 5.28. The maximum absolute atomic E-state index is 5.01. The molecular weight excluding hydrogens is 284 g/mol. The third-order valence-corrected chi connectivity index (χ3v) is 5.47. The summed E-state index contributed by atoms with van der Waals surface area (Å²) in [7, 11) is 0. The summed E-state index contributed by atoms with van der Waals surface area (Å²) in [4.78, 5) is 12.2. The summed E-state index contributed by atoms with van der Waals surface area (Å²) in [6, 6.07) is 7.75. The van der Waals surface area contributed by atoms with Gasteiger partial charge in [0, 0.05) is 24.9 Å². The van der Waals surface area contributed by atoms with Crippen LogP contribution in [0.25, 0.3) is 5.82 Å². The first kappa shape index (κ1) is 14.9. The highest BCUT2D eigenvalue weighted by Gasteiger charge is 2.33. The van der Waals surface area contributed by atoms with Crippen LogP contribution < -0.4 is 0 Å². The molecule has 2 aromatic heterocycles. The number of likely N-dealkylation sites (tertiary alicyclic amines) is 1. The average Bonchev–Trinajstić information content (AvgIpc) is 3.34. The van der Waals surface area contributed by atoms with E-state index in [2.05, 4.69) is 39.6 Å². The van der Waals surface area contributed by atoms with Gasteiger partial charge in [0.15, 0.2) is 0 Å². The molecule has 4 heteroatoms. The van der Waals surface area contributed by atoms with Crippen LogP contribution in [-0.4, -0.2) is 32.0 Å². The van der Waals surface area contributed by atoms with Crippen molar-refractivity contribution in [1.82, 2.24) is 19.4 Å². The van der Waals surface area contributed by atoms with Crippen molar-refractivity contribution < 1.29 is 0 Å². The lowest BCUT2D eigenvalue weighted by Gasteiger charge is -2.30. The van der Waals surface area contributed by atoms with Crippen LogP contribution in [0.1, 0.15) is 63.0 Å². The van der Waals surface area contributed by atoms with Crippen LogP contribution in [0.15, 0.2) is 30.6 Å². The number of rotatable bonds is 4. The Labute approximate surface area is 138 Å². The number of imidazole rings is 1. The van der Waals surface area contributed by atoms with Crippen LogP contribution in [0.4, 0.5) is 0 Å². The third kappa shape index (κ3) is 2.80. The number of aromatic nitrogens is 3. The van der Waals surface area contributed by atoms with Crippen LogP contribution >= 0.6 is 0 Å². The molecule has 0 amide bonds. The zero-order chi connectivity index (χ0) is 15.6. The lowest BCUT2D eigenvalue weighted by atomic mass is 10.1. The predicted octanol–water partition coefficient (Wildman–Crippen LogP) is 3.91. The quantitative estimate of drug-likeness (QED) is 0.858. The van der Waals surface area contributed by atoms with E-state index in [1.807, 2.05) is 12.4 Å². The topological polar surface area (TPSA) is 34.0 Å². The second-order valence-electron chi connectivity index (χ2n) is 6.82. The Bertz CT molecular complexity index is 657. The van der Waals surface area contributed by atoms with Gasteiger partial charge in [-0.15, -0.1) is 0 Å². The highest BCUT2D eigenvalue weighted by atomic mass is 15.2. The van der Waals surface area contributed by atoms with Crippen LogP contribution in [0.5, 0.6) is 0 Å². The maximum atomic E-state index is 5.01. The minimum Gasteiger partial charge on any atom is -0.292 e. The molecule has 0 N–H and O–H groups in total. The fraction of sp³-hybridized carbons (Fsp3) is 0.579. The SMILES string of the molecule is CCc1nccn1-c1cccc([C@H]2CCCN2C2CCCC2)n1. The van der Waals surface area contributed by atoms with E-state index < -0.39 is 0 Å². The molecule has 1 aliphatic carbocycles. The first-order valence-electron chi connectivity index (χ1n) is 9.12. The van der Waals surface area contributed by atoms with Crippen LogP contribution in [0, 0.1) is 0 Å². The molecule has 2 aliphatic rings. The van der Waals surface area contributed by atoms with Crippen molar-refractivity contribution in [2.75, 3.05) is 6.54 Å². The molecule has 2 aromatic rings. The van der Waals surface area contributed by atoms with Crippen molar-refractivity contribution in [1.29, 1.82) is 0 Å². The molecule has 0 unspecified atom stereocenters. The predicted molar refractivity (Wildman–Crippen MR) is 91.7 cm³/mol. The zero-order valence-electron chi connectivity index (χ0n) is 14.0. The monoisotopic (exact) mass is 310 g/mol. The first-order chi connectivity index (χ1) is 11.4. The van der Waals surface area contributed by atoms with Crippen molar-refractivity contribution in [3.05, 3.63) is 42.1 Å². The largest absolute Gasteiger partial charge is 0.292 e. The normalized spacial score (nSPS) is 22.9. The smallest absolute Gasteiger partial charge is 0.138 e. The molecule has 1 aliphatic heterocycles. The summed E-state index contributed by atoms with van der Waals surface area (Å²) in [5, 5.41) is 0. The van der Waals surface area contributed by atoms with Gasteiger partial charge in [-0.25, -0.2) is 9.97 Å². The fourth-order valence-corrected chi connectivity index (χ4v) is 4.34. The molecule has 0 aromatic carbocycles. The van der Waals surface area contributed by atoms with Gasteiger partial charge in [-0.1, -0.05) is 25.8 Å². The van der Waals surface area contributed by atoms with Crippen molar-refractivity contribution >= 4 is 0 Å². The summed E-state index contributed by atoms with van der Waals surface area (Å²) in [6.45, 7) is 3.38. The number of aryl methyl sites for hydroxylation is 1. The number of nitrogens with zero attached hydrogens (tertiary/aromatic N) is 4. The Kier molecular flexibility index (Phi) is 4.17. The highest BCUT2D eigenvalue weighted by Crippen LogP contribution is 2.37. The number of hydrogen-bond acceptors (Lipinski definition) is 3. The molecule has 2 fully saturated rings. The Morgan fingerprint density at radius 1 is 1.13 bits per heavy atom. The molecule has 1 atom stereocenters. The van der Waals surface area contributed by atoms with Crippen LogP contribution in [-0.2, 0) is 6.42 Å². The average molecular weight is 310 g/mol. The van der Waals surface area contributed by atoms with E-state index in [0.717, 1.165) is 24.1 Å². The molecule has 3 heterocycles. The van der Waals surface area contributed by atoms with Crippen LogP contribution in [0.3, 0.4) is 0 Å². The van der Waals surface area contributed by atoms with E-state index >= 15 is 0 Å². The summed E-state index contributed by atoms with van der Waals surface area (Å²) in [5.41, 5.74) is 1.24. The molecule has 1 saturated carbocycles. The maximum Gasteiger partial charge on any atom is 0.138 e. The molecule has 0 spiro atoms. The minimum atomic E-state index is 0.506. The Morgan fingerprint density at radius 3 is 2.83 bits per heavy atom. The molecule has 0 radical (unpaired) electrons. The van der Waals surface area contributed by atoms with Gasteiger partial charge in [0.1, 0.15) is 11.6 Å². The van der Waals surface area contributed by atoms with Crippen molar-refractivity contribution in [3.63, 3.8) is 0 Å². The van der Waals surface area contributed by atoms with Crippen molar-refractivity contribution in [2.45, 2.75) is 64.0 Å². The van der Waals surface area contributed by atoms with E-state index in [1.54, 1.807) is 0 Å². The number of hydrogen-bond donors (Lipinski definition) is 0. The lowest BCUT2D eigenvalue weighted by Crippen LogP contribution is -2.33. The van der Waals surface area contributed by atoms with Gasteiger partial charge < -0.3 is 0 Å². The van der Waals surface area contributed by atoms with Gasteiger partial charge >= 0.3 is 0 Å². The first-order valence-corrected chi connectivity index (χ1v) is 9.12. The van der Waals surface area contributed by atoms with Crippen LogP contribution in [0.2, 0.25) is 0 Å². The van der Waals surface area contributed by atoms with Gasteiger partial charge in [0.05, 0.1) is 11.7 Å². The molecule has 122 valence electrons.